The Morgan fingerprint density at radius 2 is 1.92 bits per heavy atom. The lowest BCUT2D eigenvalue weighted by Gasteiger charge is -2.05. The highest BCUT2D eigenvalue weighted by Gasteiger charge is 2.17. The maximum Gasteiger partial charge on any atom is 0.156 e. The van der Waals surface area contributed by atoms with Gasteiger partial charge in [0, 0.05) is 12.5 Å². The second-order valence-electron chi connectivity index (χ2n) is 6.02. The Morgan fingerprint density at radius 1 is 1.12 bits per heavy atom. The molecule has 0 aliphatic heterocycles. The summed E-state index contributed by atoms with van der Waals surface area (Å²) in [4.78, 5) is 8.47. The summed E-state index contributed by atoms with van der Waals surface area (Å²) in [7, 11) is 0. The summed E-state index contributed by atoms with van der Waals surface area (Å²) in [5.74, 6) is 0.00245. The summed E-state index contributed by atoms with van der Waals surface area (Å²) in [5.41, 5.74) is 8.69. The number of nitrogen functional groups attached to an aromatic ring is 1. The molecule has 3 aromatic heterocycles. The molecule has 0 fully saturated rings. The number of aromatic nitrogens is 4. The van der Waals surface area contributed by atoms with E-state index in [2.05, 4.69) is 15.1 Å². The Morgan fingerprint density at radius 3 is 2.69 bits per heavy atom. The van der Waals surface area contributed by atoms with Crippen LogP contribution in [0.15, 0.2) is 48.7 Å². The van der Waals surface area contributed by atoms with Crippen LogP contribution in [0.5, 0.6) is 0 Å². The zero-order valence-electron chi connectivity index (χ0n) is 13.9. The number of benzene rings is 1. The van der Waals surface area contributed by atoms with Crippen LogP contribution in [-0.2, 0) is 6.42 Å². The zero-order chi connectivity index (χ0) is 18.3. The number of halogens is 2. The lowest BCUT2D eigenvalue weighted by molar-refractivity contribution is 0.613. The molecule has 5 nitrogen and oxygen atoms in total. The van der Waals surface area contributed by atoms with Crippen molar-refractivity contribution in [2.24, 2.45) is 0 Å². The van der Waals surface area contributed by atoms with Crippen molar-refractivity contribution >= 4 is 16.9 Å². The van der Waals surface area contributed by atoms with E-state index in [9.17, 15) is 8.78 Å². The highest BCUT2D eigenvalue weighted by atomic mass is 19.1. The number of nitrogens with zero attached hydrogens (tertiary/aromatic N) is 4. The Kier molecular flexibility index (Phi) is 3.84. The SMILES string of the molecule is Cc1ccc(-n2nc(Cc3ccccc3F)c3ncc(F)cc32)nc1N. The van der Waals surface area contributed by atoms with Crippen molar-refractivity contribution in [3.63, 3.8) is 0 Å². The smallest absolute Gasteiger partial charge is 0.156 e. The van der Waals surface area contributed by atoms with Gasteiger partial charge in [-0.05, 0) is 30.2 Å². The first-order chi connectivity index (χ1) is 12.5. The lowest BCUT2D eigenvalue weighted by Crippen LogP contribution is -2.04. The molecule has 0 radical (unpaired) electrons. The standard InChI is InChI=1S/C19H15F2N5/c1-11-6-7-17(24-19(11)22)26-16-9-13(20)10-23-18(16)15(25-26)8-12-4-2-3-5-14(12)21/h2-7,9-10H,8H2,1H3,(H2,22,24). The van der Waals surface area contributed by atoms with Gasteiger partial charge in [-0.25, -0.2) is 23.4 Å². The quantitative estimate of drug-likeness (QED) is 0.613. The summed E-state index contributed by atoms with van der Waals surface area (Å²) < 4.78 is 29.3. The van der Waals surface area contributed by atoms with Gasteiger partial charge in [-0.3, -0.25) is 0 Å². The largest absolute Gasteiger partial charge is 0.383 e. The van der Waals surface area contributed by atoms with Crippen molar-refractivity contribution in [3.8, 4) is 5.82 Å². The fraction of sp³-hybridized carbons (Fsp3) is 0.105. The van der Waals surface area contributed by atoms with E-state index >= 15 is 0 Å². The summed E-state index contributed by atoms with van der Waals surface area (Å²) in [6.07, 6.45) is 1.35. The molecule has 130 valence electrons. The molecule has 1 aromatic carbocycles. The first-order valence-corrected chi connectivity index (χ1v) is 8.03. The number of nitrogens with two attached hydrogens (primary N) is 1. The van der Waals surface area contributed by atoms with Crippen molar-refractivity contribution in [1.82, 2.24) is 19.7 Å². The molecule has 26 heavy (non-hydrogen) atoms. The predicted molar refractivity (Wildman–Crippen MR) is 95.0 cm³/mol. The van der Waals surface area contributed by atoms with Gasteiger partial charge in [-0.15, -0.1) is 0 Å². The van der Waals surface area contributed by atoms with Gasteiger partial charge < -0.3 is 5.73 Å². The molecule has 0 spiro atoms. The lowest BCUT2D eigenvalue weighted by atomic mass is 10.1. The molecule has 0 unspecified atom stereocenters. The summed E-state index contributed by atoms with van der Waals surface area (Å²) in [6.45, 7) is 1.85. The molecule has 0 saturated heterocycles. The topological polar surface area (TPSA) is 69.6 Å². The third-order valence-corrected chi connectivity index (χ3v) is 4.21. The van der Waals surface area contributed by atoms with Crippen molar-refractivity contribution < 1.29 is 8.78 Å². The minimum Gasteiger partial charge on any atom is -0.383 e. The van der Waals surface area contributed by atoms with Crippen LogP contribution in [0, 0.1) is 18.6 Å². The van der Waals surface area contributed by atoms with Crippen molar-refractivity contribution in [2.45, 2.75) is 13.3 Å². The Balaban J connectivity index is 1.89. The van der Waals surface area contributed by atoms with E-state index in [1.165, 1.54) is 16.8 Å². The number of aryl methyl sites for hydroxylation is 1. The van der Waals surface area contributed by atoms with Crippen molar-refractivity contribution in [2.75, 3.05) is 5.73 Å². The molecule has 0 saturated carbocycles. The first-order valence-electron chi connectivity index (χ1n) is 8.03. The van der Waals surface area contributed by atoms with E-state index in [1.54, 1.807) is 24.3 Å². The fourth-order valence-corrected chi connectivity index (χ4v) is 2.80. The van der Waals surface area contributed by atoms with Crippen LogP contribution in [0.1, 0.15) is 16.8 Å². The van der Waals surface area contributed by atoms with E-state index in [-0.39, 0.29) is 12.2 Å². The Labute approximate surface area is 148 Å². The van der Waals surface area contributed by atoms with E-state index in [4.69, 9.17) is 5.73 Å². The van der Waals surface area contributed by atoms with Gasteiger partial charge >= 0.3 is 0 Å². The number of hydrogen-bond acceptors (Lipinski definition) is 4. The van der Waals surface area contributed by atoms with E-state index in [0.717, 1.165) is 11.8 Å². The van der Waals surface area contributed by atoms with Crippen LogP contribution in [0.4, 0.5) is 14.6 Å². The Hall–Kier alpha value is -3.35. The van der Waals surface area contributed by atoms with Crippen LogP contribution in [0.2, 0.25) is 0 Å². The van der Waals surface area contributed by atoms with E-state index < -0.39 is 5.82 Å². The van der Waals surface area contributed by atoms with Gasteiger partial charge in [-0.2, -0.15) is 5.10 Å². The second kappa shape index (κ2) is 6.18. The van der Waals surface area contributed by atoms with Gasteiger partial charge in [0.15, 0.2) is 5.82 Å². The number of pyridine rings is 2. The van der Waals surface area contributed by atoms with Gasteiger partial charge in [0.2, 0.25) is 0 Å². The minimum absolute atomic E-state index is 0.232. The summed E-state index contributed by atoms with van der Waals surface area (Å²) in [5, 5.41) is 4.51. The summed E-state index contributed by atoms with van der Waals surface area (Å²) >= 11 is 0. The average Bonchev–Trinajstić information content (AvgIpc) is 2.97. The van der Waals surface area contributed by atoms with Crippen LogP contribution in [0.3, 0.4) is 0 Å². The molecular formula is C19H15F2N5. The Bertz CT molecular complexity index is 1120. The van der Waals surface area contributed by atoms with Crippen LogP contribution < -0.4 is 5.73 Å². The molecule has 0 aliphatic rings. The van der Waals surface area contributed by atoms with Crippen LogP contribution in [-0.4, -0.2) is 19.7 Å². The number of anilines is 1. The van der Waals surface area contributed by atoms with Gasteiger partial charge in [0.1, 0.15) is 23.0 Å². The van der Waals surface area contributed by atoms with Crippen molar-refractivity contribution in [3.05, 3.63) is 77.1 Å². The van der Waals surface area contributed by atoms with Gasteiger partial charge in [-0.1, -0.05) is 24.3 Å². The molecule has 0 atom stereocenters. The number of rotatable bonds is 3. The molecule has 7 heteroatoms. The van der Waals surface area contributed by atoms with Crippen LogP contribution >= 0.6 is 0 Å². The van der Waals surface area contributed by atoms with Crippen LogP contribution in [0.25, 0.3) is 16.9 Å². The fourth-order valence-electron chi connectivity index (χ4n) is 2.80. The molecule has 4 rings (SSSR count). The molecule has 3 heterocycles. The van der Waals surface area contributed by atoms with Crippen molar-refractivity contribution in [1.29, 1.82) is 0 Å². The minimum atomic E-state index is -0.490. The second-order valence-corrected chi connectivity index (χ2v) is 6.02. The van der Waals surface area contributed by atoms with Gasteiger partial charge in [0.25, 0.3) is 0 Å². The normalized spacial score (nSPS) is 11.2. The molecule has 0 bridgehead atoms. The van der Waals surface area contributed by atoms with E-state index in [0.29, 0.717) is 33.9 Å². The highest BCUT2D eigenvalue weighted by molar-refractivity contribution is 5.79. The molecule has 4 aromatic rings. The molecule has 2 N–H and O–H groups in total. The maximum atomic E-state index is 14.0. The zero-order valence-corrected chi connectivity index (χ0v) is 13.9. The molecule has 0 amide bonds. The first kappa shape index (κ1) is 16.1. The predicted octanol–water partition coefficient (Wildman–Crippen LogP) is 3.58. The summed E-state index contributed by atoms with van der Waals surface area (Å²) in [6, 6.07) is 11.4. The maximum absolute atomic E-state index is 14.0. The number of hydrogen-bond donors (Lipinski definition) is 1. The molecular weight excluding hydrogens is 336 g/mol. The number of fused-ring (bicyclic) bond motifs is 1. The van der Waals surface area contributed by atoms with Gasteiger partial charge in [0.05, 0.1) is 17.4 Å². The monoisotopic (exact) mass is 351 g/mol. The van der Waals surface area contributed by atoms with E-state index in [1.807, 2.05) is 13.0 Å². The molecule has 0 aliphatic carbocycles. The third kappa shape index (κ3) is 2.77. The average molecular weight is 351 g/mol. The highest BCUT2D eigenvalue weighted by Crippen LogP contribution is 2.24. The third-order valence-electron chi connectivity index (χ3n) is 4.21.